The number of nitrogens with two attached hydrogens (primary N) is 1. The van der Waals surface area contributed by atoms with Crippen LogP contribution in [0.5, 0.6) is 5.75 Å². The van der Waals surface area contributed by atoms with E-state index < -0.39 is 0 Å². The van der Waals surface area contributed by atoms with Gasteiger partial charge in [0, 0.05) is 18.4 Å². The molecule has 0 aliphatic rings. The van der Waals surface area contributed by atoms with Gasteiger partial charge in [0.25, 0.3) is 0 Å². The second-order valence-electron chi connectivity index (χ2n) is 4.72. The van der Waals surface area contributed by atoms with Crippen LogP contribution in [0, 0.1) is 0 Å². The van der Waals surface area contributed by atoms with Crippen LogP contribution >= 0.6 is 0 Å². The van der Waals surface area contributed by atoms with Crippen LogP contribution in [0.15, 0.2) is 48.8 Å². The van der Waals surface area contributed by atoms with Crippen LogP contribution in [0.4, 0.5) is 0 Å². The Morgan fingerprint density at radius 2 is 2.05 bits per heavy atom. The summed E-state index contributed by atoms with van der Waals surface area (Å²) in [5, 5.41) is 0. The van der Waals surface area contributed by atoms with Crippen molar-refractivity contribution in [2.24, 2.45) is 5.73 Å². The maximum Gasteiger partial charge on any atom is 0.119 e. The summed E-state index contributed by atoms with van der Waals surface area (Å²) in [5.74, 6) is 0.886. The van der Waals surface area contributed by atoms with Gasteiger partial charge in [-0.25, -0.2) is 0 Å². The van der Waals surface area contributed by atoms with Crippen LogP contribution in [-0.4, -0.2) is 18.1 Å². The summed E-state index contributed by atoms with van der Waals surface area (Å²) in [4.78, 5) is 4.11. The number of aromatic nitrogens is 1. The maximum absolute atomic E-state index is 6.18. The molecule has 2 N–H and O–H groups in total. The molecule has 2 rings (SSSR count). The van der Waals surface area contributed by atoms with Gasteiger partial charge in [-0.15, -0.1) is 0 Å². The van der Waals surface area contributed by atoms with E-state index in [0.29, 0.717) is 0 Å². The third kappa shape index (κ3) is 4.38. The number of aryl methyl sites for hydroxylation is 1. The molecule has 1 atom stereocenters. The Morgan fingerprint density at radius 3 is 2.79 bits per heavy atom. The van der Waals surface area contributed by atoms with Gasteiger partial charge in [0.1, 0.15) is 5.75 Å². The van der Waals surface area contributed by atoms with Crippen molar-refractivity contribution in [3.63, 3.8) is 0 Å². The van der Waals surface area contributed by atoms with Crippen molar-refractivity contribution in [2.45, 2.75) is 25.3 Å². The van der Waals surface area contributed by atoms with E-state index in [9.17, 15) is 0 Å². The van der Waals surface area contributed by atoms with Gasteiger partial charge in [0.15, 0.2) is 0 Å². The summed E-state index contributed by atoms with van der Waals surface area (Å²) in [5.41, 5.74) is 8.64. The Morgan fingerprint density at radius 1 is 1.21 bits per heavy atom. The third-order valence-electron chi connectivity index (χ3n) is 3.16. The summed E-state index contributed by atoms with van der Waals surface area (Å²) in [6.07, 6.45) is 6.50. The molecule has 1 heterocycles. The van der Waals surface area contributed by atoms with Crippen molar-refractivity contribution < 1.29 is 4.74 Å². The molecule has 0 saturated carbocycles. The highest BCUT2D eigenvalue weighted by atomic mass is 16.5. The summed E-state index contributed by atoms with van der Waals surface area (Å²) < 4.78 is 5.22. The fourth-order valence-corrected chi connectivity index (χ4v) is 2.10. The van der Waals surface area contributed by atoms with E-state index in [1.54, 1.807) is 13.3 Å². The van der Waals surface area contributed by atoms with Crippen LogP contribution < -0.4 is 10.5 Å². The average Bonchev–Trinajstić information content (AvgIpc) is 2.46. The van der Waals surface area contributed by atoms with Crippen LogP contribution in [0.1, 0.15) is 17.5 Å². The zero-order chi connectivity index (χ0) is 13.5. The quantitative estimate of drug-likeness (QED) is 0.864. The van der Waals surface area contributed by atoms with Crippen LogP contribution in [0.3, 0.4) is 0 Å². The first-order chi connectivity index (χ1) is 9.28. The summed E-state index contributed by atoms with van der Waals surface area (Å²) in [6.45, 7) is 0. The molecule has 0 aliphatic carbocycles. The van der Waals surface area contributed by atoms with E-state index in [1.807, 2.05) is 30.5 Å². The first-order valence-electron chi connectivity index (χ1n) is 6.55. The minimum atomic E-state index is 0.160. The smallest absolute Gasteiger partial charge is 0.119 e. The molecule has 1 aromatic carbocycles. The molecule has 1 unspecified atom stereocenters. The van der Waals surface area contributed by atoms with E-state index in [4.69, 9.17) is 10.5 Å². The Kier molecular flexibility index (Phi) is 4.93. The van der Waals surface area contributed by atoms with E-state index >= 15 is 0 Å². The fraction of sp³-hybridized carbons (Fsp3) is 0.312. The lowest BCUT2D eigenvalue weighted by Gasteiger charge is -2.12. The summed E-state index contributed by atoms with van der Waals surface area (Å²) in [7, 11) is 1.68. The monoisotopic (exact) mass is 256 g/mol. The molecule has 3 nitrogen and oxygen atoms in total. The molecule has 100 valence electrons. The van der Waals surface area contributed by atoms with E-state index in [2.05, 4.69) is 17.1 Å². The number of ether oxygens (including phenoxy) is 1. The molecule has 19 heavy (non-hydrogen) atoms. The normalized spacial score (nSPS) is 12.1. The lowest BCUT2D eigenvalue weighted by molar-refractivity contribution is 0.414. The number of hydrogen-bond acceptors (Lipinski definition) is 3. The van der Waals surface area contributed by atoms with Crippen molar-refractivity contribution in [3.8, 4) is 5.75 Å². The molecule has 2 aromatic rings. The van der Waals surface area contributed by atoms with Gasteiger partial charge in [-0.3, -0.25) is 4.98 Å². The number of rotatable bonds is 6. The molecule has 0 amide bonds. The highest BCUT2D eigenvalue weighted by Crippen LogP contribution is 2.15. The zero-order valence-electron chi connectivity index (χ0n) is 11.3. The molecule has 1 aromatic heterocycles. The van der Waals surface area contributed by atoms with Gasteiger partial charge in [0.2, 0.25) is 0 Å². The summed E-state index contributed by atoms with van der Waals surface area (Å²) in [6, 6.07) is 12.3. The van der Waals surface area contributed by atoms with Gasteiger partial charge in [-0.2, -0.15) is 0 Å². The molecule has 0 aliphatic heterocycles. The minimum absolute atomic E-state index is 0.160. The second-order valence-corrected chi connectivity index (χ2v) is 4.72. The Hall–Kier alpha value is -1.87. The molecule has 0 fully saturated rings. The Balaban J connectivity index is 1.85. The van der Waals surface area contributed by atoms with Gasteiger partial charge in [0.05, 0.1) is 7.11 Å². The predicted octanol–water partition coefficient (Wildman–Crippen LogP) is 2.59. The molecule has 0 saturated heterocycles. The van der Waals surface area contributed by atoms with Crippen molar-refractivity contribution >= 4 is 0 Å². The standard InChI is InChI=1S/C16H20N2O/c1-19-16-6-2-4-14(11-16)10-15(17)8-7-13-5-3-9-18-12-13/h2-6,9,11-12,15H,7-8,10,17H2,1H3. The highest BCUT2D eigenvalue weighted by molar-refractivity contribution is 5.28. The lowest BCUT2D eigenvalue weighted by atomic mass is 10.0. The Bertz CT molecular complexity index is 499. The number of nitrogens with zero attached hydrogens (tertiary/aromatic N) is 1. The molecular formula is C16H20N2O. The summed E-state index contributed by atoms with van der Waals surface area (Å²) >= 11 is 0. The minimum Gasteiger partial charge on any atom is -0.497 e. The SMILES string of the molecule is COc1cccc(CC(N)CCc2cccnc2)c1. The maximum atomic E-state index is 6.18. The molecule has 0 spiro atoms. The largest absolute Gasteiger partial charge is 0.497 e. The lowest BCUT2D eigenvalue weighted by Crippen LogP contribution is -2.23. The third-order valence-corrected chi connectivity index (χ3v) is 3.16. The highest BCUT2D eigenvalue weighted by Gasteiger charge is 2.05. The zero-order valence-corrected chi connectivity index (χ0v) is 11.3. The first-order valence-corrected chi connectivity index (χ1v) is 6.55. The van der Waals surface area contributed by atoms with E-state index in [0.717, 1.165) is 25.0 Å². The van der Waals surface area contributed by atoms with Gasteiger partial charge < -0.3 is 10.5 Å². The molecule has 0 bridgehead atoms. The Labute approximate surface area is 114 Å². The van der Waals surface area contributed by atoms with Crippen molar-refractivity contribution in [2.75, 3.05) is 7.11 Å². The van der Waals surface area contributed by atoms with Crippen molar-refractivity contribution in [1.82, 2.24) is 4.98 Å². The van der Waals surface area contributed by atoms with E-state index in [1.165, 1.54) is 11.1 Å². The van der Waals surface area contributed by atoms with E-state index in [-0.39, 0.29) is 6.04 Å². The molecule has 0 radical (unpaired) electrons. The van der Waals surface area contributed by atoms with Gasteiger partial charge in [-0.1, -0.05) is 18.2 Å². The van der Waals surface area contributed by atoms with Crippen LogP contribution in [-0.2, 0) is 12.8 Å². The van der Waals surface area contributed by atoms with Crippen molar-refractivity contribution in [1.29, 1.82) is 0 Å². The fourth-order valence-electron chi connectivity index (χ4n) is 2.10. The van der Waals surface area contributed by atoms with Crippen LogP contribution in [0.2, 0.25) is 0 Å². The number of pyridine rings is 1. The second kappa shape index (κ2) is 6.90. The molecule has 3 heteroatoms. The molecular weight excluding hydrogens is 236 g/mol. The van der Waals surface area contributed by atoms with Gasteiger partial charge in [-0.05, 0) is 48.6 Å². The first kappa shape index (κ1) is 13.6. The number of hydrogen-bond donors (Lipinski definition) is 1. The topological polar surface area (TPSA) is 48.1 Å². The van der Waals surface area contributed by atoms with Crippen LogP contribution in [0.25, 0.3) is 0 Å². The van der Waals surface area contributed by atoms with Gasteiger partial charge >= 0.3 is 0 Å². The number of methoxy groups -OCH3 is 1. The van der Waals surface area contributed by atoms with Crippen molar-refractivity contribution in [3.05, 3.63) is 59.9 Å². The average molecular weight is 256 g/mol. The number of benzene rings is 1. The predicted molar refractivity (Wildman–Crippen MR) is 77.2 cm³/mol.